The van der Waals surface area contributed by atoms with Crippen LogP contribution in [0.2, 0.25) is 0 Å². The normalized spacial score (nSPS) is 16.8. The molecule has 0 radical (unpaired) electrons. The molecular weight excluding hydrogens is 222 g/mol. The highest BCUT2D eigenvalue weighted by Crippen LogP contribution is 2.21. The van der Waals surface area contributed by atoms with Crippen LogP contribution in [0.5, 0.6) is 0 Å². The van der Waals surface area contributed by atoms with Gasteiger partial charge in [-0.2, -0.15) is 0 Å². The molecule has 0 amide bonds. The molecule has 0 aliphatic carbocycles. The van der Waals surface area contributed by atoms with E-state index in [1.165, 1.54) is 24.2 Å². The zero-order chi connectivity index (χ0) is 11.5. The molecular formula is C11H17N3OS. The van der Waals surface area contributed by atoms with Crippen LogP contribution >= 0.6 is 11.3 Å². The largest absolute Gasteiger partial charge is 0.375 e. The van der Waals surface area contributed by atoms with E-state index in [9.17, 15) is 4.79 Å². The number of hydrogen-bond donors (Lipinski definition) is 1. The Morgan fingerprint density at radius 2 is 2.19 bits per heavy atom. The molecule has 0 saturated carbocycles. The second kappa shape index (κ2) is 4.93. The molecule has 1 aliphatic heterocycles. The van der Waals surface area contributed by atoms with Gasteiger partial charge in [0.05, 0.1) is 10.6 Å². The number of nitrogens with zero attached hydrogens (tertiary/aromatic N) is 2. The number of nitrogens with two attached hydrogens (primary N) is 1. The smallest absolute Gasteiger partial charge is 0.180 e. The fraction of sp³-hybridized carbons (Fsp3) is 0.636. The maximum atomic E-state index is 11.9. The van der Waals surface area contributed by atoms with E-state index in [0.29, 0.717) is 11.6 Å². The van der Waals surface area contributed by atoms with Crippen LogP contribution in [-0.4, -0.2) is 35.3 Å². The van der Waals surface area contributed by atoms with Crippen molar-refractivity contribution in [2.24, 2.45) is 0 Å². The van der Waals surface area contributed by atoms with Crippen molar-refractivity contribution in [2.45, 2.75) is 26.2 Å². The van der Waals surface area contributed by atoms with Crippen LogP contribution in [0, 0.1) is 6.92 Å². The number of rotatable bonds is 4. The lowest BCUT2D eigenvalue weighted by Gasteiger charge is -2.12. The average molecular weight is 239 g/mol. The van der Waals surface area contributed by atoms with Crippen LogP contribution in [0.15, 0.2) is 0 Å². The lowest BCUT2D eigenvalue weighted by atomic mass is 10.2. The zero-order valence-electron chi connectivity index (χ0n) is 9.53. The van der Waals surface area contributed by atoms with E-state index in [2.05, 4.69) is 9.88 Å². The van der Waals surface area contributed by atoms with E-state index in [1.807, 2.05) is 6.92 Å². The van der Waals surface area contributed by atoms with E-state index in [-0.39, 0.29) is 5.78 Å². The first kappa shape index (κ1) is 11.5. The summed E-state index contributed by atoms with van der Waals surface area (Å²) >= 11 is 1.30. The van der Waals surface area contributed by atoms with Crippen molar-refractivity contribution in [1.82, 2.24) is 9.88 Å². The Morgan fingerprint density at radius 1 is 1.50 bits per heavy atom. The molecule has 1 saturated heterocycles. The SMILES string of the molecule is Cc1nc(N)sc1C(=O)CCN1CCCC1. The fourth-order valence-corrected chi connectivity index (χ4v) is 2.86. The van der Waals surface area contributed by atoms with Gasteiger partial charge in [0.15, 0.2) is 10.9 Å². The number of ketones is 1. The standard InChI is InChI=1S/C11H17N3OS/c1-8-10(16-11(12)13-8)9(15)4-7-14-5-2-3-6-14/h2-7H2,1H3,(H2,12,13). The van der Waals surface area contributed by atoms with Crippen molar-refractivity contribution < 1.29 is 4.79 Å². The topological polar surface area (TPSA) is 59.2 Å². The Morgan fingerprint density at radius 3 is 2.75 bits per heavy atom. The highest BCUT2D eigenvalue weighted by Gasteiger charge is 2.17. The molecule has 4 nitrogen and oxygen atoms in total. The predicted molar refractivity (Wildman–Crippen MR) is 65.9 cm³/mol. The first-order chi connectivity index (χ1) is 7.66. The maximum absolute atomic E-state index is 11.9. The van der Waals surface area contributed by atoms with Gasteiger partial charge in [0, 0.05) is 13.0 Å². The van der Waals surface area contributed by atoms with Crippen molar-refractivity contribution in [1.29, 1.82) is 0 Å². The third-order valence-corrected chi connectivity index (χ3v) is 3.95. The van der Waals surface area contributed by atoms with Gasteiger partial charge in [-0.25, -0.2) is 4.98 Å². The van der Waals surface area contributed by atoms with Crippen LogP contribution in [0.1, 0.15) is 34.6 Å². The Kier molecular flexibility index (Phi) is 3.56. The Balaban J connectivity index is 1.90. The quantitative estimate of drug-likeness (QED) is 0.812. The van der Waals surface area contributed by atoms with E-state index in [4.69, 9.17) is 5.73 Å². The molecule has 16 heavy (non-hydrogen) atoms. The lowest BCUT2D eigenvalue weighted by molar-refractivity contribution is 0.0972. The summed E-state index contributed by atoms with van der Waals surface area (Å²) < 4.78 is 0. The zero-order valence-corrected chi connectivity index (χ0v) is 10.3. The fourth-order valence-electron chi connectivity index (χ4n) is 2.06. The number of thiazole rings is 1. The number of nitrogen functional groups attached to an aromatic ring is 1. The van der Waals surface area contributed by atoms with Crippen LogP contribution in [0.4, 0.5) is 5.13 Å². The molecule has 2 N–H and O–H groups in total. The van der Waals surface area contributed by atoms with Crippen molar-refractivity contribution in [2.75, 3.05) is 25.4 Å². The van der Waals surface area contributed by atoms with E-state index < -0.39 is 0 Å². The Bertz CT molecular complexity index is 383. The minimum atomic E-state index is 0.179. The molecule has 2 heterocycles. The highest BCUT2D eigenvalue weighted by molar-refractivity contribution is 7.17. The molecule has 0 aromatic carbocycles. The average Bonchev–Trinajstić information content (AvgIpc) is 2.84. The van der Waals surface area contributed by atoms with Crippen molar-refractivity contribution >= 4 is 22.3 Å². The van der Waals surface area contributed by atoms with Gasteiger partial charge in [-0.05, 0) is 32.9 Å². The van der Waals surface area contributed by atoms with Crippen LogP contribution in [0.3, 0.4) is 0 Å². The van der Waals surface area contributed by atoms with Crippen molar-refractivity contribution in [3.63, 3.8) is 0 Å². The van der Waals surface area contributed by atoms with Gasteiger partial charge in [0.25, 0.3) is 0 Å². The van der Waals surface area contributed by atoms with Gasteiger partial charge < -0.3 is 10.6 Å². The van der Waals surface area contributed by atoms with Gasteiger partial charge in [0.1, 0.15) is 0 Å². The summed E-state index contributed by atoms with van der Waals surface area (Å²) in [5.74, 6) is 0.179. The molecule has 88 valence electrons. The van der Waals surface area contributed by atoms with Gasteiger partial charge in [-0.15, -0.1) is 0 Å². The number of hydrogen-bond acceptors (Lipinski definition) is 5. The second-order valence-electron chi connectivity index (χ2n) is 4.19. The molecule has 0 bridgehead atoms. The summed E-state index contributed by atoms with van der Waals surface area (Å²) in [6, 6.07) is 0. The molecule has 5 heteroatoms. The molecule has 0 spiro atoms. The number of aryl methyl sites for hydroxylation is 1. The summed E-state index contributed by atoms with van der Waals surface area (Å²) in [6.45, 7) is 4.99. The summed E-state index contributed by atoms with van der Waals surface area (Å²) in [6.07, 6.45) is 3.12. The van der Waals surface area contributed by atoms with Gasteiger partial charge >= 0.3 is 0 Å². The monoisotopic (exact) mass is 239 g/mol. The van der Waals surface area contributed by atoms with Crippen molar-refractivity contribution in [3.8, 4) is 0 Å². The van der Waals surface area contributed by atoms with Crippen LogP contribution < -0.4 is 5.73 Å². The number of aromatic nitrogens is 1. The van der Waals surface area contributed by atoms with Gasteiger partial charge in [0.2, 0.25) is 0 Å². The molecule has 0 unspecified atom stereocenters. The minimum Gasteiger partial charge on any atom is -0.375 e. The number of likely N-dealkylation sites (tertiary alicyclic amines) is 1. The number of anilines is 1. The molecule has 2 rings (SSSR count). The highest BCUT2D eigenvalue weighted by atomic mass is 32.1. The first-order valence-corrected chi connectivity index (χ1v) is 6.47. The Hall–Kier alpha value is -0.940. The molecule has 0 atom stereocenters. The molecule has 1 fully saturated rings. The Labute approximate surface area is 99.5 Å². The minimum absolute atomic E-state index is 0.179. The third-order valence-electron chi connectivity index (χ3n) is 2.92. The number of Topliss-reactive ketones (excluding diaryl/α,β-unsaturated/α-hetero) is 1. The number of carbonyl (C=O) groups is 1. The van der Waals surface area contributed by atoms with E-state index in [0.717, 1.165) is 30.2 Å². The summed E-state index contributed by atoms with van der Waals surface area (Å²) in [5, 5.41) is 0.488. The maximum Gasteiger partial charge on any atom is 0.180 e. The molecule has 1 aromatic heterocycles. The van der Waals surface area contributed by atoms with Crippen molar-refractivity contribution in [3.05, 3.63) is 10.6 Å². The lowest BCUT2D eigenvalue weighted by Crippen LogP contribution is -2.22. The molecule has 1 aromatic rings. The van der Waals surface area contributed by atoms with Crippen LogP contribution in [-0.2, 0) is 0 Å². The van der Waals surface area contributed by atoms with Gasteiger partial charge in [-0.3, -0.25) is 4.79 Å². The second-order valence-corrected chi connectivity index (χ2v) is 5.22. The molecule has 1 aliphatic rings. The summed E-state index contributed by atoms with van der Waals surface area (Å²) in [4.78, 5) is 19.1. The summed E-state index contributed by atoms with van der Waals surface area (Å²) in [5.41, 5.74) is 6.35. The first-order valence-electron chi connectivity index (χ1n) is 5.65. The van der Waals surface area contributed by atoms with E-state index in [1.54, 1.807) is 0 Å². The predicted octanol–water partition coefficient (Wildman–Crippen LogP) is 1.70. The van der Waals surface area contributed by atoms with Crippen LogP contribution in [0.25, 0.3) is 0 Å². The van der Waals surface area contributed by atoms with E-state index >= 15 is 0 Å². The summed E-state index contributed by atoms with van der Waals surface area (Å²) in [7, 11) is 0. The third kappa shape index (κ3) is 2.59. The van der Waals surface area contributed by atoms with Gasteiger partial charge in [-0.1, -0.05) is 11.3 Å². The number of carbonyl (C=O) groups excluding carboxylic acids is 1.